The molecule has 0 saturated carbocycles. The molecule has 1 atom stereocenters. The summed E-state index contributed by atoms with van der Waals surface area (Å²) in [5, 5.41) is 17.9. The number of benzene rings is 2. The van der Waals surface area contributed by atoms with E-state index >= 15 is 0 Å². The summed E-state index contributed by atoms with van der Waals surface area (Å²) in [6.45, 7) is 1.42. The number of carbonyl (C=O) groups excluding carboxylic acids is 1. The van der Waals surface area contributed by atoms with Crippen LogP contribution < -0.4 is 9.64 Å². The zero-order valence-electron chi connectivity index (χ0n) is 15.8. The van der Waals surface area contributed by atoms with Gasteiger partial charge in [0.25, 0.3) is 5.91 Å². The second-order valence-corrected chi connectivity index (χ2v) is 8.07. The Morgan fingerprint density at radius 2 is 1.83 bits per heavy atom. The van der Waals surface area contributed by atoms with Gasteiger partial charge in [0.2, 0.25) is 0 Å². The fourth-order valence-corrected chi connectivity index (χ4v) is 4.01. The number of aliphatic carboxylic acids is 2. The Bertz CT molecular complexity index is 1050. The molecule has 1 heterocycles. The predicted molar refractivity (Wildman–Crippen MR) is 118 cm³/mol. The average Bonchev–Trinajstić information content (AvgIpc) is 2.97. The Morgan fingerprint density at radius 1 is 1.17 bits per heavy atom. The lowest BCUT2D eigenvalue weighted by Crippen LogP contribution is -2.27. The van der Waals surface area contributed by atoms with Crippen molar-refractivity contribution in [2.75, 3.05) is 4.90 Å². The molecule has 1 amide bonds. The lowest BCUT2D eigenvalue weighted by atomic mass is 10.1. The number of carboxylic acids is 2. The van der Waals surface area contributed by atoms with Gasteiger partial charge in [-0.1, -0.05) is 54.3 Å². The molecule has 7 nitrogen and oxygen atoms in total. The Hall–Kier alpha value is -3.17. The van der Waals surface area contributed by atoms with E-state index in [-0.39, 0.29) is 12.3 Å². The summed E-state index contributed by atoms with van der Waals surface area (Å²) in [6.07, 6.45) is 0.463. The topological polar surface area (TPSA) is 104 Å². The highest BCUT2D eigenvalue weighted by molar-refractivity contribution is 8.27. The molecule has 30 heavy (non-hydrogen) atoms. The Labute approximate surface area is 182 Å². The molecule has 0 bridgehead atoms. The highest BCUT2D eigenvalue weighted by Gasteiger charge is 2.33. The number of thioether (sulfide) groups is 1. The van der Waals surface area contributed by atoms with Crippen LogP contribution in [-0.2, 0) is 20.8 Å². The molecule has 9 heteroatoms. The van der Waals surface area contributed by atoms with Crippen molar-refractivity contribution in [1.29, 1.82) is 0 Å². The number of hydrogen-bond acceptors (Lipinski definition) is 6. The third-order valence-corrected chi connectivity index (χ3v) is 5.50. The van der Waals surface area contributed by atoms with Crippen molar-refractivity contribution in [3.8, 4) is 5.75 Å². The van der Waals surface area contributed by atoms with E-state index < -0.39 is 18.0 Å². The van der Waals surface area contributed by atoms with Crippen LogP contribution >= 0.6 is 24.0 Å². The fraction of sp³-hybridized carbons (Fsp3) is 0.143. The third kappa shape index (κ3) is 4.87. The zero-order valence-corrected chi connectivity index (χ0v) is 17.4. The summed E-state index contributed by atoms with van der Waals surface area (Å²) >= 11 is 6.48. The first-order chi connectivity index (χ1) is 14.3. The number of anilines is 1. The first-order valence-corrected chi connectivity index (χ1v) is 10.1. The fourth-order valence-electron chi connectivity index (χ4n) is 2.72. The number of amides is 1. The molecule has 0 aromatic heterocycles. The summed E-state index contributed by atoms with van der Waals surface area (Å²) in [5.74, 6) is -2.01. The van der Waals surface area contributed by atoms with E-state index in [9.17, 15) is 14.4 Å². The minimum absolute atomic E-state index is 0.107. The molecule has 2 aromatic rings. The second kappa shape index (κ2) is 9.10. The molecular weight excluding hydrogens is 426 g/mol. The second-order valence-electron chi connectivity index (χ2n) is 6.39. The van der Waals surface area contributed by atoms with Gasteiger partial charge in [-0.25, -0.2) is 4.79 Å². The molecule has 2 N–H and O–H groups in total. The summed E-state index contributed by atoms with van der Waals surface area (Å²) < 4.78 is 5.82. The predicted octanol–water partition coefficient (Wildman–Crippen LogP) is 3.57. The van der Waals surface area contributed by atoms with Gasteiger partial charge in [-0.05, 0) is 36.8 Å². The highest BCUT2D eigenvalue weighted by atomic mass is 32.2. The van der Waals surface area contributed by atoms with Crippen molar-refractivity contribution in [1.82, 2.24) is 0 Å². The average molecular weight is 444 g/mol. The van der Waals surface area contributed by atoms with Crippen LogP contribution in [-0.4, -0.2) is 38.5 Å². The molecule has 1 aliphatic heterocycles. The van der Waals surface area contributed by atoms with Gasteiger partial charge in [0.05, 0.1) is 17.0 Å². The maximum atomic E-state index is 12.9. The number of nitrogens with zero attached hydrogens (tertiary/aromatic N) is 1. The van der Waals surface area contributed by atoms with Crippen LogP contribution in [0.4, 0.5) is 5.69 Å². The molecule has 0 radical (unpaired) electrons. The first kappa shape index (κ1) is 21.5. The Balaban J connectivity index is 1.85. The van der Waals surface area contributed by atoms with Crippen LogP contribution in [0.25, 0.3) is 6.08 Å². The van der Waals surface area contributed by atoms with E-state index in [0.717, 1.165) is 11.8 Å². The van der Waals surface area contributed by atoms with Gasteiger partial charge in [-0.2, -0.15) is 0 Å². The number of rotatable bonds is 7. The van der Waals surface area contributed by atoms with E-state index in [1.165, 1.54) is 11.8 Å². The van der Waals surface area contributed by atoms with Crippen LogP contribution in [0.5, 0.6) is 5.75 Å². The van der Waals surface area contributed by atoms with Gasteiger partial charge in [0.1, 0.15) is 5.75 Å². The Morgan fingerprint density at radius 3 is 2.47 bits per heavy atom. The van der Waals surface area contributed by atoms with Crippen molar-refractivity contribution >= 4 is 57.9 Å². The number of para-hydroxylation sites is 1. The lowest BCUT2D eigenvalue weighted by molar-refractivity contribution is -0.144. The minimum Gasteiger partial charge on any atom is -0.481 e. The molecule has 1 saturated heterocycles. The van der Waals surface area contributed by atoms with Gasteiger partial charge in [-0.3, -0.25) is 14.5 Å². The monoisotopic (exact) mass is 443 g/mol. The number of thiocarbonyl (C=S) groups is 1. The van der Waals surface area contributed by atoms with E-state index in [4.69, 9.17) is 27.2 Å². The van der Waals surface area contributed by atoms with E-state index in [1.807, 2.05) is 0 Å². The molecule has 1 aliphatic rings. The van der Waals surface area contributed by atoms with Gasteiger partial charge in [0.15, 0.2) is 10.4 Å². The Kier molecular flexibility index (Phi) is 6.53. The molecule has 154 valence electrons. The molecule has 0 aliphatic carbocycles. The molecule has 1 unspecified atom stereocenters. The number of hydrogen-bond donors (Lipinski definition) is 2. The molecule has 2 aromatic carbocycles. The van der Waals surface area contributed by atoms with Crippen LogP contribution in [0.2, 0.25) is 0 Å². The molecule has 0 spiro atoms. The van der Waals surface area contributed by atoms with Crippen LogP contribution in [0.3, 0.4) is 0 Å². The quantitative estimate of drug-likeness (QED) is 0.494. The van der Waals surface area contributed by atoms with Gasteiger partial charge in [0, 0.05) is 5.56 Å². The zero-order chi connectivity index (χ0) is 21.8. The summed E-state index contributed by atoms with van der Waals surface area (Å²) in [6, 6.07) is 13.4. The number of ether oxygens (including phenoxy) is 1. The van der Waals surface area contributed by atoms with Crippen molar-refractivity contribution in [2.45, 2.75) is 19.4 Å². The standard InChI is InChI=1S/C21H17NO6S2/c1-12(20(26)27)28-16-5-3-2-4-14(16)11-17-19(25)22(21(29)30-17)15-8-6-13(7-9-15)10-18(23)24/h2-9,11-12H,10H2,1H3,(H,23,24)(H,26,27)/b17-11-. The summed E-state index contributed by atoms with van der Waals surface area (Å²) in [5.41, 5.74) is 1.72. The SMILES string of the molecule is CC(Oc1ccccc1/C=C1\SC(=S)N(c2ccc(CC(=O)O)cc2)C1=O)C(=O)O. The maximum Gasteiger partial charge on any atom is 0.344 e. The van der Waals surface area contributed by atoms with Crippen LogP contribution in [0.1, 0.15) is 18.1 Å². The highest BCUT2D eigenvalue weighted by Crippen LogP contribution is 2.37. The maximum absolute atomic E-state index is 12.9. The van der Waals surface area contributed by atoms with E-state index in [0.29, 0.717) is 31.8 Å². The van der Waals surface area contributed by atoms with Crippen LogP contribution in [0, 0.1) is 0 Å². The van der Waals surface area contributed by atoms with E-state index in [1.54, 1.807) is 54.6 Å². The molecular formula is C21H17NO6S2. The largest absolute Gasteiger partial charge is 0.481 e. The van der Waals surface area contributed by atoms with Crippen LogP contribution in [0.15, 0.2) is 53.4 Å². The first-order valence-electron chi connectivity index (χ1n) is 8.83. The molecule has 1 fully saturated rings. The van der Waals surface area contributed by atoms with Crippen molar-refractivity contribution < 1.29 is 29.3 Å². The number of carboxylic acid groups (broad SMARTS) is 2. The van der Waals surface area contributed by atoms with Crippen molar-refractivity contribution in [3.63, 3.8) is 0 Å². The minimum atomic E-state index is -1.09. The van der Waals surface area contributed by atoms with Crippen molar-refractivity contribution in [2.24, 2.45) is 0 Å². The number of carbonyl (C=O) groups is 3. The third-order valence-electron chi connectivity index (χ3n) is 4.20. The van der Waals surface area contributed by atoms with Gasteiger partial charge < -0.3 is 14.9 Å². The smallest absolute Gasteiger partial charge is 0.344 e. The molecule has 3 rings (SSSR count). The van der Waals surface area contributed by atoms with E-state index in [2.05, 4.69) is 0 Å². The normalized spacial score (nSPS) is 16.0. The van der Waals surface area contributed by atoms with Gasteiger partial charge in [-0.15, -0.1) is 0 Å². The van der Waals surface area contributed by atoms with Gasteiger partial charge >= 0.3 is 11.9 Å². The summed E-state index contributed by atoms with van der Waals surface area (Å²) in [7, 11) is 0. The lowest BCUT2D eigenvalue weighted by Gasteiger charge is -2.15. The summed E-state index contributed by atoms with van der Waals surface area (Å²) in [4.78, 5) is 36.6. The van der Waals surface area contributed by atoms with Crippen molar-refractivity contribution in [3.05, 3.63) is 64.6 Å².